The zero-order valence-electron chi connectivity index (χ0n) is 29.5. The summed E-state index contributed by atoms with van der Waals surface area (Å²) >= 11 is 6.09. The molecule has 8 N–H and O–H groups in total. The molecule has 0 fully saturated rings. The third-order valence-corrected chi connectivity index (χ3v) is 11.3. The number of aromatic carboxylic acids is 1. The number of benzene rings is 4. The molecule has 0 saturated carbocycles. The number of aromatic nitrogens is 3. The molecule has 0 saturated heterocycles. The van der Waals surface area contributed by atoms with Gasteiger partial charge in [-0.1, -0.05) is 36.4 Å². The maximum atomic E-state index is 12.7. The second-order valence-electron chi connectivity index (χ2n) is 11.5. The summed E-state index contributed by atoms with van der Waals surface area (Å²) in [6.45, 7) is -0.877. The van der Waals surface area contributed by atoms with Gasteiger partial charge in [-0.25, -0.2) is 17.4 Å². The molecule has 316 valence electrons. The number of nitrogens with zero attached hydrogens (tertiary/aromatic N) is 6. The minimum Gasteiger partial charge on any atom is -0.504 e. The number of anilines is 5. The van der Waals surface area contributed by atoms with Gasteiger partial charge >= 0.3 is 16.4 Å². The number of nitrogens with one attached hydrogen (secondary N) is 3. The minimum atomic E-state index is -5.01. The Morgan fingerprint density at radius 2 is 1.38 bits per heavy atom. The molecule has 0 atom stereocenters. The maximum absolute atomic E-state index is 12.7. The van der Waals surface area contributed by atoms with Crippen LogP contribution in [0.5, 0.6) is 5.75 Å². The Morgan fingerprint density at radius 3 is 2.02 bits per heavy atom. The van der Waals surface area contributed by atoms with Crippen molar-refractivity contribution in [1.29, 1.82) is 0 Å². The Balaban J connectivity index is 1.48. The molecular weight excluding hydrogens is 902 g/mol. The average molecular weight is 928 g/mol. The molecule has 0 amide bonds. The number of halogens is 1. The highest BCUT2D eigenvalue weighted by atomic mass is 35.5. The number of phenolic OH excluding ortho intramolecular Hbond substituents is 1. The van der Waals surface area contributed by atoms with Crippen LogP contribution in [-0.4, -0.2) is 96.7 Å². The lowest BCUT2D eigenvalue weighted by Crippen LogP contribution is -2.15. The van der Waals surface area contributed by atoms with E-state index in [4.69, 9.17) is 16.2 Å². The van der Waals surface area contributed by atoms with Crippen molar-refractivity contribution >= 4 is 98.5 Å². The lowest BCUT2D eigenvalue weighted by molar-refractivity contribution is 0.0697. The number of sulfone groups is 1. The SMILES string of the molecule is O=C(O)c1ccc(S(=O)(=O)O)cc1N=N/C(=N/Nc1cc(S(=O)(=O)O)cc(Nc2nc(Cl)nc(Nc3cccc(S(=O)(=O)CCOS(=O)(=O)O)c3)n2)c1O)c1ccccc1. The van der Waals surface area contributed by atoms with Crippen LogP contribution in [0.3, 0.4) is 0 Å². The molecule has 5 aromatic rings. The Hall–Kier alpha value is -6.24. The summed E-state index contributed by atoms with van der Waals surface area (Å²) in [6, 6.07) is 16.7. The third kappa shape index (κ3) is 12.2. The van der Waals surface area contributed by atoms with Crippen LogP contribution in [0.4, 0.5) is 34.6 Å². The number of hydrazone groups is 1. The van der Waals surface area contributed by atoms with E-state index < -0.39 is 108 Å². The predicted molar refractivity (Wildman–Crippen MR) is 210 cm³/mol. The van der Waals surface area contributed by atoms with Crippen molar-refractivity contribution in [2.24, 2.45) is 15.3 Å². The number of carboxylic acids is 1. The summed E-state index contributed by atoms with van der Waals surface area (Å²) in [5.41, 5.74) is 0.633. The van der Waals surface area contributed by atoms with Gasteiger partial charge in [0.25, 0.3) is 20.2 Å². The van der Waals surface area contributed by atoms with Crippen LogP contribution < -0.4 is 16.1 Å². The molecular formula is C31H26ClN9O15S4. The van der Waals surface area contributed by atoms with Crippen molar-refractivity contribution < 1.29 is 66.5 Å². The van der Waals surface area contributed by atoms with E-state index in [0.717, 1.165) is 36.4 Å². The molecule has 0 aliphatic rings. The summed E-state index contributed by atoms with van der Waals surface area (Å²) in [5.74, 6) is -4.23. The normalized spacial score (nSPS) is 12.6. The number of carbonyl (C=O) groups is 1. The Kier molecular flexibility index (Phi) is 13.4. The van der Waals surface area contributed by atoms with Crippen LogP contribution in [0.1, 0.15) is 15.9 Å². The predicted octanol–water partition coefficient (Wildman–Crippen LogP) is 4.06. The first-order chi connectivity index (χ1) is 28.0. The van der Waals surface area contributed by atoms with E-state index in [0.29, 0.717) is 0 Å². The zero-order chi connectivity index (χ0) is 44.0. The van der Waals surface area contributed by atoms with Gasteiger partial charge in [0, 0.05) is 11.3 Å². The van der Waals surface area contributed by atoms with Crippen LogP contribution >= 0.6 is 11.6 Å². The van der Waals surface area contributed by atoms with E-state index in [9.17, 15) is 57.8 Å². The molecule has 4 aromatic carbocycles. The maximum Gasteiger partial charge on any atom is 0.397 e. The molecule has 0 bridgehead atoms. The third-order valence-electron chi connectivity index (χ3n) is 7.33. The Labute approximate surface area is 344 Å². The second-order valence-corrected chi connectivity index (χ2v) is 17.9. The summed E-state index contributed by atoms with van der Waals surface area (Å²) in [6.07, 6.45) is 0. The van der Waals surface area contributed by atoms with E-state index in [1.165, 1.54) is 30.3 Å². The van der Waals surface area contributed by atoms with Gasteiger partial charge in [0.2, 0.25) is 23.0 Å². The number of hydrogen-bond donors (Lipinski definition) is 8. The summed E-state index contributed by atoms with van der Waals surface area (Å²) in [5, 5.41) is 37.3. The molecule has 29 heteroatoms. The largest absolute Gasteiger partial charge is 0.504 e. The molecule has 0 aliphatic carbocycles. The van der Waals surface area contributed by atoms with E-state index in [1.807, 2.05) is 0 Å². The van der Waals surface area contributed by atoms with Crippen LogP contribution in [-0.2, 0) is 44.7 Å². The smallest absolute Gasteiger partial charge is 0.397 e. The van der Waals surface area contributed by atoms with Gasteiger partial charge in [0.15, 0.2) is 15.6 Å². The zero-order valence-corrected chi connectivity index (χ0v) is 33.5. The van der Waals surface area contributed by atoms with Gasteiger partial charge in [-0.3, -0.25) is 19.1 Å². The van der Waals surface area contributed by atoms with Crippen molar-refractivity contribution in [3.8, 4) is 5.75 Å². The molecule has 60 heavy (non-hydrogen) atoms. The van der Waals surface area contributed by atoms with Crippen molar-refractivity contribution in [1.82, 2.24) is 15.0 Å². The molecule has 5 rings (SSSR count). The van der Waals surface area contributed by atoms with E-state index in [-0.39, 0.29) is 27.9 Å². The van der Waals surface area contributed by atoms with Crippen molar-refractivity contribution in [3.63, 3.8) is 0 Å². The Morgan fingerprint density at radius 1 is 0.733 bits per heavy atom. The van der Waals surface area contributed by atoms with Gasteiger partial charge in [0.05, 0.1) is 38.3 Å². The fraction of sp³-hybridized carbons (Fsp3) is 0.0645. The molecule has 0 aliphatic heterocycles. The molecule has 1 heterocycles. The highest BCUT2D eigenvalue weighted by Crippen LogP contribution is 2.37. The van der Waals surface area contributed by atoms with Gasteiger partial charge in [-0.2, -0.15) is 45.3 Å². The van der Waals surface area contributed by atoms with Crippen molar-refractivity contribution in [2.45, 2.75) is 14.7 Å². The lowest BCUT2D eigenvalue weighted by Gasteiger charge is -2.14. The van der Waals surface area contributed by atoms with Crippen LogP contribution in [0, 0.1) is 0 Å². The number of aromatic hydroxyl groups is 1. The van der Waals surface area contributed by atoms with Crippen LogP contribution in [0.2, 0.25) is 5.28 Å². The number of rotatable bonds is 16. The van der Waals surface area contributed by atoms with Gasteiger partial charge < -0.3 is 20.8 Å². The summed E-state index contributed by atoms with van der Waals surface area (Å²) in [4.78, 5) is 21.8. The lowest BCUT2D eigenvalue weighted by atomic mass is 10.2. The fourth-order valence-electron chi connectivity index (χ4n) is 4.66. The van der Waals surface area contributed by atoms with E-state index in [2.05, 4.69) is 50.5 Å². The highest BCUT2D eigenvalue weighted by Gasteiger charge is 2.21. The van der Waals surface area contributed by atoms with E-state index in [1.54, 1.807) is 18.2 Å². The topological polar surface area (TPSA) is 376 Å². The first-order valence-electron chi connectivity index (χ1n) is 15.9. The monoisotopic (exact) mass is 927 g/mol. The van der Waals surface area contributed by atoms with Crippen LogP contribution in [0.25, 0.3) is 0 Å². The molecule has 24 nitrogen and oxygen atoms in total. The van der Waals surface area contributed by atoms with Crippen molar-refractivity contribution in [3.05, 3.63) is 101 Å². The first kappa shape index (κ1) is 44.9. The minimum absolute atomic E-state index is 0.0669. The molecule has 0 radical (unpaired) electrons. The van der Waals surface area contributed by atoms with Crippen molar-refractivity contribution in [2.75, 3.05) is 28.4 Å². The van der Waals surface area contributed by atoms with Gasteiger partial charge in [-0.05, 0) is 60.1 Å². The number of azo groups is 1. The standard InChI is InChI=1S/C31H26ClN9O15S4/c32-29-35-30(33-18-7-4-8-19(13-18)57(45,46)12-11-56-60(53,54)55)37-31(36-29)34-24-15-21(59(50,51)52)16-25(26(24)42)39-41-27(17-5-2-1-3-6-17)40-38-23-14-20(58(47,48)49)9-10-22(23)28(43)44/h1-10,13-16,39,42H,11-12H2,(H,43,44)(H,47,48,49)(H,50,51,52)(H,53,54,55)(H2,33,34,35,36,37)/b40-38?,41-27+. The average Bonchev–Trinajstić information content (AvgIpc) is 3.14. The quantitative estimate of drug-likeness (QED) is 0.0173. The van der Waals surface area contributed by atoms with Gasteiger partial charge in [0.1, 0.15) is 11.4 Å². The number of amidine groups is 1. The number of carboxylic acid groups (broad SMARTS) is 1. The molecule has 1 aromatic heterocycles. The summed E-state index contributed by atoms with van der Waals surface area (Å²) in [7, 11) is -18.8. The van der Waals surface area contributed by atoms with Crippen LogP contribution in [0.15, 0.2) is 115 Å². The molecule has 0 unspecified atom stereocenters. The number of hydrogen-bond acceptors (Lipinski definition) is 19. The fourth-order valence-corrected chi connectivity index (χ4v) is 7.39. The van der Waals surface area contributed by atoms with Gasteiger partial charge in [-0.15, -0.1) is 10.2 Å². The highest BCUT2D eigenvalue weighted by molar-refractivity contribution is 7.91. The Bertz CT molecular complexity index is 3000. The number of phenols is 1. The molecule has 0 spiro atoms. The summed E-state index contributed by atoms with van der Waals surface area (Å²) < 4.78 is 127. The van der Waals surface area contributed by atoms with E-state index >= 15 is 0 Å². The first-order valence-corrected chi connectivity index (χ1v) is 22.2. The second kappa shape index (κ2) is 17.9.